The third kappa shape index (κ3) is 7.81. The smallest absolute Gasteiger partial charge is 0.190 e. The molecule has 2 fully saturated rings. The number of likely N-dealkylation sites (tertiary alicyclic amines) is 1. The van der Waals surface area contributed by atoms with Crippen LogP contribution in [0.3, 0.4) is 0 Å². The number of aliphatic imine (C=N–C) groups is 1. The second-order valence-corrected chi connectivity index (χ2v) is 7.15. The topological polar surface area (TPSA) is 58.1 Å². The highest BCUT2D eigenvalue weighted by molar-refractivity contribution is 5.79. The van der Waals surface area contributed by atoms with E-state index in [0.717, 1.165) is 58.3 Å². The summed E-state index contributed by atoms with van der Waals surface area (Å²) < 4.78 is 11.1. The monoisotopic (exact) mass is 340 g/mol. The lowest BCUT2D eigenvalue weighted by molar-refractivity contribution is 0.0888. The molecule has 0 radical (unpaired) electrons. The Morgan fingerprint density at radius 3 is 2.88 bits per heavy atom. The summed E-state index contributed by atoms with van der Waals surface area (Å²) in [5.74, 6) is 2.13. The van der Waals surface area contributed by atoms with Crippen LogP contribution in [0.4, 0.5) is 0 Å². The standard InChI is InChI=1S/C18H36N4O2/c1-16(13-22-8-3-4-9-22)12-21-18(19-2)20-7-5-10-23-14-17-6-11-24-15-17/h16-17H,3-15H2,1-2H3,(H2,19,20,21). The van der Waals surface area contributed by atoms with Gasteiger partial charge in [-0.05, 0) is 44.7 Å². The van der Waals surface area contributed by atoms with E-state index in [1.54, 1.807) is 0 Å². The summed E-state index contributed by atoms with van der Waals surface area (Å²) in [4.78, 5) is 6.86. The Morgan fingerprint density at radius 1 is 1.33 bits per heavy atom. The predicted molar refractivity (Wildman–Crippen MR) is 98.6 cm³/mol. The Hall–Kier alpha value is -0.850. The summed E-state index contributed by atoms with van der Waals surface area (Å²) in [5.41, 5.74) is 0. The van der Waals surface area contributed by atoms with Crippen molar-refractivity contribution in [3.05, 3.63) is 0 Å². The van der Waals surface area contributed by atoms with Crippen LogP contribution < -0.4 is 10.6 Å². The molecule has 0 spiro atoms. The molecule has 0 aromatic rings. The fourth-order valence-electron chi connectivity index (χ4n) is 3.31. The molecule has 140 valence electrons. The van der Waals surface area contributed by atoms with Crippen molar-refractivity contribution in [1.82, 2.24) is 15.5 Å². The van der Waals surface area contributed by atoms with Crippen molar-refractivity contribution in [3.8, 4) is 0 Å². The van der Waals surface area contributed by atoms with Crippen molar-refractivity contribution < 1.29 is 9.47 Å². The highest BCUT2D eigenvalue weighted by Gasteiger charge is 2.15. The minimum absolute atomic E-state index is 0.601. The maximum atomic E-state index is 5.72. The summed E-state index contributed by atoms with van der Waals surface area (Å²) in [6, 6.07) is 0. The molecule has 6 heteroatoms. The normalized spacial score (nSPS) is 23.6. The van der Waals surface area contributed by atoms with Gasteiger partial charge in [-0.2, -0.15) is 0 Å². The van der Waals surface area contributed by atoms with Crippen LogP contribution in [-0.2, 0) is 9.47 Å². The summed E-state index contributed by atoms with van der Waals surface area (Å²) in [6.45, 7) is 11.3. The highest BCUT2D eigenvalue weighted by atomic mass is 16.5. The molecule has 2 rings (SSSR count). The van der Waals surface area contributed by atoms with Gasteiger partial charge in [0, 0.05) is 45.8 Å². The van der Waals surface area contributed by atoms with E-state index in [4.69, 9.17) is 9.47 Å². The Morgan fingerprint density at radius 2 is 2.17 bits per heavy atom. The number of hydrogen-bond donors (Lipinski definition) is 2. The Kier molecular flexibility index (Phi) is 9.46. The molecule has 2 unspecified atom stereocenters. The van der Waals surface area contributed by atoms with Crippen LogP contribution in [0.15, 0.2) is 4.99 Å². The molecule has 6 nitrogen and oxygen atoms in total. The number of ether oxygens (including phenoxy) is 2. The Labute approximate surface area is 147 Å². The largest absolute Gasteiger partial charge is 0.381 e. The van der Waals surface area contributed by atoms with E-state index in [1.807, 2.05) is 7.05 Å². The quantitative estimate of drug-likeness (QED) is 0.357. The van der Waals surface area contributed by atoms with Crippen molar-refractivity contribution in [2.45, 2.75) is 32.6 Å². The van der Waals surface area contributed by atoms with Crippen molar-refractivity contribution in [3.63, 3.8) is 0 Å². The van der Waals surface area contributed by atoms with Crippen LogP contribution in [0.2, 0.25) is 0 Å². The maximum Gasteiger partial charge on any atom is 0.190 e. The first kappa shape index (κ1) is 19.5. The van der Waals surface area contributed by atoms with Gasteiger partial charge in [-0.1, -0.05) is 6.92 Å². The molecule has 24 heavy (non-hydrogen) atoms. The van der Waals surface area contributed by atoms with E-state index < -0.39 is 0 Å². The van der Waals surface area contributed by atoms with Crippen LogP contribution >= 0.6 is 0 Å². The van der Waals surface area contributed by atoms with Gasteiger partial charge in [0.05, 0.1) is 13.2 Å². The van der Waals surface area contributed by atoms with Crippen molar-refractivity contribution in [2.24, 2.45) is 16.8 Å². The summed E-state index contributed by atoms with van der Waals surface area (Å²) in [5, 5.41) is 6.80. The molecule has 2 heterocycles. The van der Waals surface area contributed by atoms with Crippen LogP contribution in [0.25, 0.3) is 0 Å². The average Bonchev–Trinajstić information content (AvgIpc) is 3.27. The lowest BCUT2D eigenvalue weighted by Crippen LogP contribution is -2.41. The zero-order valence-corrected chi connectivity index (χ0v) is 15.6. The molecular formula is C18H36N4O2. The predicted octanol–water partition coefficient (Wildman–Crippen LogP) is 1.33. The lowest BCUT2D eigenvalue weighted by Gasteiger charge is -2.21. The minimum atomic E-state index is 0.601. The molecule has 0 aliphatic carbocycles. The molecule has 2 aliphatic rings. The van der Waals surface area contributed by atoms with E-state index in [-0.39, 0.29) is 0 Å². The lowest BCUT2D eigenvalue weighted by atomic mass is 10.1. The second-order valence-electron chi connectivity index (χ2n) is 7.15. The van der Waals surface area contributed by atoms with E-state index in [2.05, 4.69) is 27.4 Å². The van der Waals surface area contributed by atoms with Crippen molar-refractivity contribution in [1.29, 1.82) is 0 Å². The van der Waals surface area contributed by atoms with E-state index in [1.165, 1.54) is 32.5 Å². The van der Waals surface area contributed by atoms with Gasteiger partial charge in [-0.25, -0.2) is 0 Å². The molecule has 0 aromatic heterocycles. The fraction of sp³-hybridized carbons (Fsp3) is 0.944. The molecule has 0 amide bonds. The Bertz CT molecular complexity index is 353. The number of guanidine groups is 1. The van der Waals surface area contributed by atoms with Gasteiger partial charge >= 0.3 is 0 Å². The second kappa shape index (κ2) is 11.7. The number of nitrogens with zero attached hydrogens (tertiary/aromatic N) is 2. The summed E-state index contributed by atoms with van der Waals surface area (Å²) >= 11 is 0. The fourth-order valence-corrected chi connectivity index (χ4v) is 3.31. The molecule has 2 saturated heterocycles. The zero-order chi connectivity index (χ0) is 17.0. The molecule has 2 atom stereocenters. The zero-order valence-electron chi connectivity index (χ0n) is 15.6. The van der Waals surface area contributed by atoms with Gasteiger partial charge in [-0.15, -0.1) is 0 Å². The first-order chi connectivity index (χ1) is 11.8. The van der Waals surface area contributed by atoms with E-state index >= 15 is 0 Å². The minimum Gasteiger partial charge on any atom is -0.381 e. The number of rotatable bonds is 10. The third-order valence-electron chi connectivity index (χ3n) is 4.75. The maximum absolute atomic E-state index is 5.72. The number of hydrogen-bond acceptors (Lipinski definition) is 4. The third-order valence-corrected chi connectivity index (χ3v) is 4.75. The van der Waals surface area contributed by atoms with Crippen LogP contribution in [0.5, 0.6) is 0 Å². The van der Waals surface area contributed by atoms with Crippen molar-refractivity contribution in [2.75, 3.05) is 66.2 Å². The molecular weight excluding hydrogens is 304 g/mol. The summed E-state index contributed by atoms with van der Waals surface area (Å²) in [6.07, 6.45) is 4.86. The summed E-state index contributed by atoms with van der Waals surface area (Å²) in [7, 11) is 1.83. The van der Waals surface area contributed by atoms with Crippen LogP contribution in [0.1, 0.15) is 32.6 Å². The molecule has 0 saturated carbocycles. The van der Waals surface area contributed by atoms with Gasteiger partial charge in [0.25, 0.3) is 0 Å². The molecule has 0 aromatic carbocycles. The van der Waals surface area contributed by atoms with Gasteiger partial charge in [0.15, 0.2) is 5.96 Å². The molecule has 2 aliphatic heterocycles. The first-order valence-corrected chi connectivity index (χ1v) is 9.60. The van der Waals surface area contributed by atoms with E-state index in [9.17, 15) is 0 Å². The average molecular weight is 341 g/mol. The van der Waals surface area contributed by atoms with E-state index in [0.29, 0.717) is 11.8 Å². The van der Waals surface area contributed by atoms with Crippen LogP contribution in [-0.4, -0.2) is 77.1 Å². The Balaban J connectivity index is 1.45. The van der Waals surface area contributed by atoms with Gasteiger partial charge < -0.3 is 25.0 Å². The molecule has 2 N–H and O–H groups in total. The highest BCUT2D eigenvalue weighted by Crippen LogP contribution is 2.12. The molecule has 0 bridgehead atoms. The number of nitrogens with one attached hydrogen (secondary N) is 2. The van der Waals surface area contributed by atoms with Crippen LogP contribution in [0, 0.1) is 11.8 Å². The van der Waals surface area contributed by atoms with Gasteiger partial charge in [-0.3, -0.25) is 4.99 Å². The van der Waals surface area contributed by atoms with Gasteiger partial charge in [0.2, 0.25) is 0 Å². The van der Waals surface area contributed by atoms with Gasteiger partial charge in [0.1, 0.15) is 0 Å². The first-order valence-electron chi connectivity index (χ1n) is 9.60. The SMILES string of the molecule is CN=C(NCCCOCC1CCOC1)NCC(C)CN1CCCC1. The van der Waals surface area contributed by atoms with Crippen molar-refractivity contribution >= 4 is 5.96 Å².